The molecule has 1 aliphatic rings. The summed E-state index contributed by atoms with van der Waals surface area (Å²) >= 11 is 0. The lowest BCUT2D eigenvalue weighted by molar-refractivity contribution is -0.148. The molecular weight excluding hydrogens is 244 g/mol. The molecule has 0 saturated carbocycles. The number of likely N-dealkylation sites (tertiary alicyclic amines) is 1. The van der Waals surface area contributed by atoms with E-state index in [1.54, 1.807) is 6.33 Å². The van der Waals surface area contributed by atoms with Gasteiger partial charge in [0, 0.05) is 6.04 Å². The van der Waals surface area contributed by atoms with Crippen LogP contribution in [-0.4, -0.2) is 45.3 Å². The van der Waals surface area contributed by atoms with Crippen molar-refractivity contribution in [2.75, 3.05) is 13.7 Å². The van der Waals surface area contributed by atoms with Gasteiger partial charge in [0.1, 0.15) is 18.2 Å². The summed E-state index contributed by atoms with van der Waals surface area (Å²) in [5, 5.41) is 4.23. The highest BCUT2D eigenvalue weighted by Crippen LogP contribution is 2.20. The predicted octanol–water partition coefficient (Wildman–Crippen LogP) is 1.39. The monoisotopic (exact) mass is 266 g/mol. The highest BCUT2D eigenvalue weighted by molar-refractivity contribution is 5.75. The maximum atomic E-state index is 11.8. The van der Waals surface area contributed by atoms with Crippen molar-refractivity contribution in [1.29, 1.82) is 0 Å². The molecule has 0 aliphatic carbocycles. The van der Waals surface area contributed by atoms with E-state index in [-0.39, 0.29) is 18.1 Å². The molecule has 6 nitrogen and oxygen atoms in total. The molecule has 106 valence electrons. The standard InChI is InChI=1S/C13H22N4O2/c1-10(2)17-12(14-9-15-17)8-16-7-5-4-6-11(16)13(18)19-3/h9-11H,4-8H2,1-3H3. The van der Waals surface area contributed by atoms with Gasteiger partial charge in [0.25, 0.3) is 0 Å². The van der Waals surface area contributed by atoms with E-state index in [9.17, 15) is 4.79 Å². The summed E-state index contributed by atoms with van der Waals surface area (Å²) in [5.41, 5.74) is 0. The van der Waals surface area contributed by atoms with E-state index in [1.807, 2.05) is 4.68 Å². The lowest BCUT2D eigenvalue weighted by Crippen LogP contribution is -2.45. The molecule has 0 amide bonds. The van der Waals surface area contributed by atoms with Gasteiger partial charge in [-0.2, -0.15) is 5.10 Å². The molecule has 0 aromatic carbocycles. The van der Waals surface area contributed by atoms with Gasteiger partial charge in [-0.25, -0.2) is 9.67 Å². The van der Waals surface area contributed by atoms with Crippen LogP contribution in [0.5, 0.6) is 0 Å². The molecule has 1 fully saturated rings. The van der Waals surface area contributed by atoms with Crippen molar-refractivity contribution in [3.05, 3.63) is 12.2 Å². The minimum atomic E-state index is -0.143. The first-order valence-corrected chi connectivity index (χ1v) is 6.83. The zero-order valence-electron chi connectivity index (χ0n) is 11.9. The zero-order chi connectivity index (χ0) is 13.8. The second-order valence-corrected chi connectivity index (χ2v) is 5.22. The Morgan fingerprint density at radius 1 is 1.53 bits per heavy atom. The summed E-state index contributed by atoms with van der Waals surface area (Å²) < 4.78 is 6.80. The van der Waals surface area contributed by atoms with E-state index in [4.69, 9.17) is 4.74 Å². The minimum Gasteiger partial charge on any atom is -0.468 e. The SMILES string of the molecule is COC(=O)C1CCCCN1Cc1ncnn1C(C)C. The molecule has 1 unspecified atom stereocenters. The van der Waals surface area contributed by atoms with Gasteiger partial charge in [-0.1, -0.05) is 6.42 Å². The largest absolute Gasteiger partial charge is 0.468 e. The van der Waals surface area contributed by atoms with Gasteiger partial charge in [0.05, 0.1) is 13.7 Å². The summed E-state index contributed by atoms with van der Waals surface area (Å²) in [5.74, 6) is 0.765. The van der Waals surface area contributed by atoms with Gasteiger partial charge in [0.15, 0.2) is 0 Å². The zero-order valence-corrected chi connectivity index (χ0v) is 11.9. The average molecular weight is 266 g/mol. The van der Waals surface area contributed by atoms with Crippen molar-refractivity contribution in [2.24, 2.45) is 0 Å². The lowest BCUT2D eigenvalue weighted by Gasteiger charge is -2.33. The summed E-state index contributed by atoms with van der Waals surface area (Å²) in [7, 11) is 1.45. The maximum absolute atomic E-state index is 11.8. The number of ether oxygens (including phenoxy) is 1. The number of carbonyl (C=O) groups excluding carboxylic acids is 1. The Balaban J connectivity index is 2.11. The third kappa shape index (κ3) is 3.12. The van der Waals surface area contributed by atoms with Crippen LogP contribution >= 0.6 is 0 Å². The van der Waals surface area contributed by atoms with Crippen LogP contribution in [0.2, 0.25) is 0 Å². The normalized spacial score (nSPS) is 20.7. The molecule has 1 aromatic heterocycles. The molecule has 2 heterocycles. The molecule has 1 saturated heterocycles. The van der Waals surface area contributed by atoms with E-state index in [1.165, 1.54) is 7.11 Å². The van der Waals surface area contributed by atoms with Crippen molar-refractivity contribution in [3.63, 3.8) is 0 Å². The highest BCUT2D eigenvalue weighted by Gasteiger charge is 2.30. The molecular formula is C13H22N4O2. The van der Waals surface area contributed by atoms with Crippen LogP contribution in [0.15, 0.2) is 6.33 Å². The van der Waals surface area contributed by atoms with E-state index in [2.05, 4.69) is 28.8 Å². The smallest absolute Gasteiger partial charge is 0.323 e. The molecule has 0 N–H and O–H groups in total. The summed E-state index contributed by atoms with van der Waals surface area (Å²) in [6, 6.07) is 0.134. The van der Waals surface area contributed by atoms with Crippen molar-refractivity contribution >= 4 is 5.97 Å². The Morgan fingerprint density at radius 2 is 2.32 bits per heavy atom. The number of hydrogen-bond donors (Lipinski definition) is 0. The van der Waals surface area contributed by atoms with Crippen molar-refractivity contribution in [1.82, 2.24) is 19.7 Å². The second kappa shape index (κ2) is 6.14. The fourth-order valence-electron chi connectivity index (χ4n) is 2.58. The van der Waals surface area contributed by atoms with Gasteiger partial charge in [-0.05, 0) is 33.2 Å². The lowest BCUT2D eigenvalue weighted by atomic mass is 10.0. The number of nitrogens with zero attached hydrogens (tertiary/aromatic N) is 4. The van der Waals surface area contributed by atoms with E-state index in [0.29, 0.717) is 6.54 Å². The number of piperidine rings is 1. The number of methoxy groups -OCH3 is 1. The average Bonchev–Trinajstić information content (AvgIpc) is 2.87. The fraction of sp³-hybridized carbons (Fsp3) is 0.769. The van der Waals surface area contributed by atoms with E-state index < -0.39 is 0 Å². The molecule has 1 atom stereocenters. The van der Waals surface area contributed by atoms with Crippen molar-refractivity contribution in [2.45, 2.75) is 51.7 Å². The number of rotatable bonds is 4. The predicted molar refractivity (Wildman–Crippen MR) is 70.5 cm³/mol. The first-order valence-electron chi connectivity index (χ1n) is 6.83. The molecule has 1 aliphatic heterocycles. The maximum Gasteiger partial charge on any atom is 0.323 e. The summed E-state index contributed by atoms with van der Waals surface area (Å²) in [6.07, 6.45) is 4.63. The first-order chi connectivity index (χ1) is 9.13. The fourth-order valence-corrected chi connectivity index (χ4v) is 2.58. The van der Waals surface area contributed by atoms with E-state index in [0.717, 1.165) is 31.6 Å². The third-order valence-electron chi connectivity index (χ3n) is 3.57. The van der Waals surface area contributed by atoms with Crippen LogP contribution in [0.25, 0.3) is 0 Å². The van der Waals surface area contributed by atoms with E-state index >= 15 is 0 Å². The van der Waals surface area contributed by atoms with Crippen LogP contribution < -0.4 is 0 Å². The topological polar surface area (TPSA) is 60.2 Å². The van der Waals surface area contributed by atoms with Crippen LogP contribution in [0.4, 0.5) is 0 Å². The quantitative estimate of drug-likeness (QED) is 0.771. The Morgan fingerprint density at radius 3 is 3.00 bits per heavy atom. The Labute approximate surface area is 113 Å². The van der Waals surface area contributed by atoms with Gasteiger partial charge >= 0.3 is 5.97 Å². The van der Waals surface area contributed by atoms with Gasteiger partial charge in [0.2, 0.25) is 0 Å². The number of hydrogen-bond acceptors (Lipinski definition) is 5. The van der Waals surface area contributed by atoms with Crippen molar-refractivity contribution < 1.29 is 9.53 Å². The Bertz CT molecular complexity index is 430. The molecule has 19 heavy (non-hydrogen) atoms. The number of carbonyl (C=O) groups is 1. The number of aromatic nitrogens is 3. The first kappa shape index (κ1) is 14.0. The molecule has 1 aromatic rings. The third-order valence-corrected chi connectivity index (χ3v) is 3.57. The van der Waals surface area contributed by atoms with Crippen LogP contribution in [0.1, 0.15) is 45.0 Å². The van der Waals surface area contributed by atoms with Crippen LogP contribution in [0.3, 0.4) is 0 Å². The number of esters is 1. The van der Waals surface area contributed by atoms with Crippen molar-refractivity contribution in [3.8, 4) is 0 Å². The summed E-state index contributed by atoms with van der Waals surface area (Å²) in [6.45, 7) is 5.71. The molecule has 0 spiro atoms. The molecule has 0 radical (unpaired) electrons. The highest BCUT2D eigenvalue weighted by atomic mass is 16.5. The second-order valence-electron chi connectivity index (χ2n) is 5.22. The molecule has 0 bridgehead atoms. The van der Waals surface area contributed by atoms with Gasteiger partial charge < -0.3 is 4.74 Å². The molecule has 6 heteroatoms. The Hall–Kier alpha value is -1.43. The van der Waals surface area contributed by atoms with Crippen LogP contribution in [0, 0.1) is 0 Å². The van der Waals surface area contributed by atoms with Gasteiger partial charge in [-0.15, -0.1) is 0 Å². The Kier molecular flexibility index (Phi) is 4.52. The van der Waals surface area contributed by atoms with Gasteiger partial charge in [-0.3, -0.25) is 9.69 Å². The van der Waals surface area contributed by atoms with Crippen LogP contribution in [-0.2, 0) is 16.1 Å². The summed E-state index contributed by atoms with van der Waals surface area (Å²) in [4.78, 5) is 18.3. The minimum absolute atomic E-state index is 0.143. The molecule has 2 rings (SSSR count).